The van der Waals surface area contributed by atoms with Gasteiger partial charge in [-0.1, -0.05) is 0 Å². The summed E-state index contributed by atoms with van der Waals surface area (Å²) in [5.41, 5.74) is 0. The normalized spacial score (nSPS) is 9.73. The number of carbonyl (C=O) groups is 1. The molecule has 1 N–H and O–H groups in total. The van der Waals surface area contributed by atoms with E-state index in [1.165, 1.54) is 6.41 Å². The number of amides is 2. The maximum absolute atomic E-state index is 10.2. The van der Waals surface area contributed by atoms with Crippen LogP contribution in [0.5, 0.6) is 0 Å². The molecule has 2 amide bonds. The van der Waals surface area contributed by atoms with Crippen LogP contribution in [0.25, 0.3) is 0 Å². The summed E-state index contributed by atoms with van der Waals surface area (Å²) in [7, 11) is 3.59. The van der Waals surface area contributed by atoms with Gasteiger partial charge in [0.2, 0.25) is 0 Å². The van der Waals surface area contributed by atoms with Crippen molar-refractivity contribution in [1.82, 2.24) is 9.80 Å². The smallest absolute Gasteiger partial charge is 0.414 e. The lowest BCUT2D eigenvalue weighted by molar-refractivity contribution is 0.165. The van der Waals surface area contributed by atoms with Gasteiger partial charge in [0.25, 0.3) is 0 Å². The predicted molar refractivity (Wildman–Crippen MR) is 39.0 cm³/mol. The Bertz CT molecular complexity index is 147. The van der Waals surface area contributed by atoms with Crippen LogP contribution in [-0.2, 0) is 4.79 Å². The molecular weight excluding hydrogens is 148 g/mol. The standard InChI is InChI=1S/C6H11N2O3/c1-7(2)3-4-8(5-9)6(10)11/h3-4H2,1-2H3,(H,10,11). The Balaban J connectivity index is 3.70. The van der Waals surface area contributed by atoms with E-state index in [0.29, 0.717) is 11.4 Å². The maximum atomic E-state index is 10.2. The molecule has 0 heterocycles. The van der Waals surface area contributed by atoms with E-state index < -0.39 is 6.09 Å². The molecule has 0 unspecified atom stereocenters. The fourth-order valence-corrected chi connectivity index (χ4v) is 0.480. The molecule has 0 spiro atoms. The third-order valence-electron chi connectivity index (χ3n) is 1.11. The van der Waals surface area contributed by atoms with Crippen LogP contribution in [0.15, 0.2) is 0 Å². The zero-order valence-electron chi connectivity index (χ0n) is 6.57. The van der Waals surface area contributed by atoms with Gasteiger partial charge < -0.3 is 10.0 Å². The van der Waals surface area contributed by atoms with Crippen molar-refractivity contribution in [3.63, 3.8) is 0 Å². The van der Waals surface area contributed by atoms with E-state index in [4.69, 9.17) is 5.11 Å². The summed E-state index contributed by atoms with van der Waals surface area (Å²) in [5, 5.41) is 8.33. The van der Waals surface area contributed by atoms with Gasteiger partial charge >= 0.3 is 12.5 Å². The molecule has 0 aliphatic carbocycles. The van der Waals surface area contributed by atoms with Crippen LogP contribution in [0, 0.1) is 0 Å². The molecule has 0 saturated carbocycles. The Kier molecular flexibility index (Phi) is 4.21. The molecule has 5 heteroatoms. The third-order valence-corrected chi connectivity index (χ3v) is 1.11. The van der Waals surface area contributed by atoms with Crippen molar-refractivity contribution in [1.29, 1.82) is 0 Å². The first-order valence-electron chi connectivity index (χ1n) is 3.11. The highest BCUT2D eigenvalue weighted by Gasteiger charge is 2.10. The molecule has 0 aromatic rings. The maximum Gasteiger partial charge on any atom is 0.414 e. The number of rotatable bonds is 4. The van der Waals surface area contributed by atoms with E-state index in [9.17, 15) is 9.59 Å². The van der Waals surface area contributed by atoms with E-state index >= 15 is 0 Å². The Morgan fingerprint density at radius 1 is 1.45 bits per heavy atom. The average Bonchev–Trinajstić information content (AvgIpc) is 1.87. The van der Waals surface area contributed by atoms with Crippen LogP contribution in [0.1, 0.15) is 0 Å². The molecule has 0 saturated heterocycles. The third kappa shape index (κ3) is 4.32. The molecule has 11 heavy (non-hydrogen) atoms. The number of hydrogen-bond donors (Lipinski definition) is 1. The first kappa shape index (κ1) is 9.90. The van der Waals surface area contributed by atoms with E-state index in [0.717, 1.165) is 0 Å². The van der Waals surface area contributed by atoms with Crippen molar-refractivity contribution in [2.45, 2.75) is 0 Å². The summed E-state index contributed by atoms with van der Waals surface area (Å²) >= 11 is 0. The number of carboxylic acid groups (broad SMARTS) is 1. The van der Waals surface area contributed by atoms with E-state index in [1.807, 2.05) is 0 Å². The summed E-state index contributed by atoms with van der Waals surface area (Å²) in [6.45, 7) is 0.674. The minimum absolute atomic E-state index is 0.159. The van der Waals surface area contributed by atoms with Crippen LogP contribution >= 0.6 is 0 Å². The highest BCUT2D eigenvalue weighted by molar-refractivity contribution is 5.78. The van der Waals surface area contributed by atoms with Crippen LogP contribution in [0.4, 0.5) is 4.79 Å². The summed E-state index contributed by atoms with van der Waals surface area (Å²) in [6, 6.07) is 0. The van der Waals surface area contributed by atoms with E-state index in [2.05, 4.69) is 0 Å². The SMILES string of the molecule is CN(C)CCN([C]=O)C(=O)O. The van der Waals surface area contributed by atoms with Gasteiger partial charge in [0.1, 0.15) is 0 Å². The molecular formula is C6H11N2O3. The molecule has 0 aromatic heterocycles. The second kappa shape index (κ2) is 4.68. The van der Waals surface area contributed by atoms with Gasteiger partial charge in [-0.25, -0.2) is 9.69 Å². The number of nitrogens with zero attached hydrogens (tertiary/aromatic N) is 2. The minimum Gasteiger partial charge on any atom is -0.465 e. The second-order valence-electron chi connectivity index (χ2n) is 2.33. The molecule has 0 atom stereocenters. The first-order chi connectivity index (χ1) is 5.07. The lowest BCUT2D eigenvalue weighted by Crippen LogP contribution is -2.34. The minimum atomic E-state index is -1.26. The van der Waals surface area contributed by atoms with E-state index in [1.54, 1.807) is 19.0 Å². The number of imide groups is 1. The largest absolute Gasteiger partial charge is 0.465 e. The summed E-state index contributed by atoms with van der Waals surface area (Å²) in [6.07, 6.45) is 0.0518. The highest BCUT2D eigenvalue weighted by atomic mass is 16.4. The molecule has 5 nitrogen and oxygen atoms in total. The van der Waals surface area contributed by atoms with Crippen LogP contribution in [0.3, 0.4) is 0 Å². The Morgan fingerprint density at radius 2 is 2.00 bits per heavy atom. The van der Waals surface area contributed by atoms with Gasteiger partial charge in [0.15, 0.2) is 0 Å². The quantitative estimate of drug-likeness (QED) is 0.567. The second-order valence-corrected chi connectivity index (χ2v) is 2.33. The van der Waals surface area contributed by atoms with Crippen molar-refractivity contribution in [2.75, 3.05) is 27.2 Å². The average molecular weight is 159 g/mol. The van der Waals surface area contributed by atoms with Crippen LogP contribution < -0.4 is 0 Å². The number of hydrogen-bond acceptors (Lipinski definition) is 3. The first-order valence-corrected chi connectivity index (χ1v) is 3.11. The molecule has 0 fully saturated rings. The fourth-order valence-electron chi connectivity index (χ4n) is 0.480. The lowest BCUT2D eigenvalue weighted by Gasteiger charge is -2.13. The Hall–Kier alpha value is -1.10. The topological polar surface area (TPSA) is 60.9 Å². The molecule has 0 rings (SSSR count). The molecule has 0 bridgehead atoms. The zero-order chi connectivity index (χ0) is 8.85. The van der Waals surface area contributed by atoms with Crippen molar-refractivity contribution in [2.24, 2.45) is 0 Å². The summed E-state index contributed by atoms with van der Waals surface area (Å²) < 4.78 is 0. The van der Waals surface area contributed by atoms with Gasteiger partial charge in [0, 0.05) is 13.1 Å². The van der Waals surface area contributed by atoms with Gasteiger partial charge in [-0.05, 0) is 14.1 Å². The van der Waals surface area contributed by atoms with Gasteiger partial charge in [0.05, 0.1) is 0 Å². The molecule has 63 valence electrons. The molecule has 1 radical (unpaired) electrons. The van der Waals surface area contributed by atoms with Crippen molar-refractivity contribution >= 4 is 12.5 Å². The van der Waals surface area contributed by atoms with Crippen molar-refractivity contribution in [3.05, 3.63) is 0 Å². The summed E-state index contributed by atoms with van der Waals surface area (Å²) in [5.74, 6) is 0. The number of likely N-dealkylation sites (N-methyl/N-ethyl adjacent to an activating group) is 1. The molecule has 0 aromatic carbocycles. The van der Waals surface area contributed by atoms with Gasteiger partial charge in [-0.3, -0.25) is 4.79 Å². The predicted octanol–water partition coefficient (Wildman–Crippen LogP) is -0.405. The Labute approximate surface area is 65.2 Å². The van der Waals surface area contributed by atoms with Gasteiger partial charge in [-0.15, -0.1) is 0 Å². The monoisotopic (exact) mass is 159 g/mol. The lowest BCUT2D eigenvalue weighted by atomic mass is 10.5. The highest BCUT2D eigenvalue weighted by Crippen LogP contribution is 1.84. The van der Waals surface area contributed by atoms with Crippen molar-refractivity contribution < 1.29 is 14.7 Å². The van der Waals surface area contributed by atoms with Gasteiger partial charge in [-0.2, -0.15) is 0 Å². The Morgan fingerprint density at radius 3 is 2.27 bits per heavy atom. The molecule has 0 aliphatic heterocycles. The van der Waals surface area contributed by atoms with Crippen LogP contribution in [-0.4, -0.2) is 54.6 Å². The number of carbonyl (C=O) groups excluding carboxylic acids is 1. The fraction of sp³-hybridized carbons (Fsp3) is 0.667. The summed E-state index contributed by atoms with van der Waals surface area (Å²) in [4.78, 5) is 22.5. The molecule has 0 aliphatic rings. The van der Waals surface area contributed by atoms with Crippen LogP contribution in [0.2, 0.25) is 0 Å². The zero-order valence-corrected chi connectivity index (χ0v) is 6.57. The van der Waals surface area contributed by atoms with E-state index in [-0.39, 0.29) is 6.54 Å². The van der Waals surface area contributed by atoms with Crippen molar-refractivity contribution in [3.8, 4) is 0 Å².